The molecule has 0 aromatic heterocycles. The molecule has 0 saturated carbocycles. The first kappa shape index (κ1) is 13.1. The summed E-state index contributed by atoms with van der Waals surface area (Å²) >= 11 is 0. The second kappa shape index (κ2) is 5.97. The molecule has 0 fully saturated rings. The number of hydrogen-bond donors (Lipinski definition) is 4. The third-order valence-electron chi connectivity index (χ3n) is 2.20. The number of nitrogens with two attached hydrogens (primary N) is 2. The molecule has 1 aromatic carbocycles. The minimum atomic E-state index is -0.987. The molecular formula is C11H15N3O3. The predicted octanol–water partition coefficient (Wildman–Crippen LogP) is -0.680. The minimum Gasteiger partial charge on any atom is -0.392 e. The van der Waals surface area contributed by atoms with Crippen LogP contribution in [0, 0.1) is 0 Å². The number of amides is 2. The molecule has 1 atom stereocenters. The van der Waals surface area contributed by atoms with Crippen LogP contribution in [0.3, 0.4) is 0 Å². The van der Waals surface area contributed by atoms with Crippen molar-refractivity contribution in [3.63, 3.8) is 0 Å². The molecule has 6 heteroatoms. The Morgan fingerprint density at radius 1 is 1.35 bits per heavy atom. The summed E-state index contributed by atoms with van der Waals surface area (Å²) in [5.74, 6) is -1.15. The van der Waals surface area contributed by atoms with E-state index in [2.05, 4.69) is 5.32 Å². The highest BCUT2D eigenvalue weighted by molar-refractivity contribution is 5.97. The van der Waals surface area contributed by atoms with Gasteiger partial charge in [0.25, 0.3) is 0 Å². The van der Waals surface area contributed by atoms with Crippen LogP contribution in [0.5, 0.6) is 0 Å². The van der Waals surface area contributed by atoms with E-state index in [9.17, 15) is 9.59 Å². The Morgan fingerprint density at radius 2 is 2.00 bits per heavy atom. The van der Waals surface area contributed by atoms with Crippen molar-refractivity contribution < 1.29 is 14.7 Å². The van der Waals surface area contributed by atoms with Crippen molar-refractivity contribution in [1.29, 1.82) is 0 Å². The Morgan fingerprint density at radius 3 is 2.59 bits per heavy atom. The van der Waals surface area contributed by atoms with Gasteiger partial charge < -0.3 is 21.9 Å². The van der Waals surface area contributed by atoms with Crippen LogP contribution in [0.15, 0.2) is 24.3 Å². The fourth-order valence-electron chi connectivity index (χ4n) is 1.32. The van der Waals surface area contributed by atoms with Gasteiger partial charge in [0.15, 0.2) is 0 Å². The zero-order chi connectivity index (χ0) is 12.8. The Labute approximate surface area is 98.6 Å². The van der Waals surface area contributed by atoms with Crippen molar-refractivity contribution in [3.8, 4) is 0 Å². The van der Waals surface area contributed by atoms with Crippen LogP contribution in [-0.4, -0.2) is 23.0 Å². The second-order valence-electron chi connectivity index (χ2n) is 3.58. The van der Waals surface area contributed by atoms with Crippen molar-refractivity contribution >= 4 is 17.5 Å². The van der Waals surface area contributed by atoms with Crippen molar-refractivity contribution in [2.75, 3.05) is 5.32 Å². The first-order chi connectivity index (χ1) is 8.04. The number of benzene rings is 1. The van der Waals surface area contributed by atoms with E-state index in [0.29, 0.717) is 11.3 Å². The summed E-state index contributed by atoms with van der Waals surface area (Å²) in [4.78, 5) is 22.2. The highest BCUT2D eigenvalue weighted by Gasteiger charge is 2.16. The monoisotopic (exact) mass is 237 g/mol. The van der Waals surface area contributed by atoms with E-state index < -0.39 is 17.9 Å². The maximum Gasteiger partial charge on any atom is 0.241 e. The second-order valence-corrected chi connectivity index (χ2v) is 3.58. The SMILES string of the molecule is NC(=O)CC(N)C(=O)Nc1ccccc1CO. The molecule has 1 aromatic rings. The molecule has 0 aliphatic carbocycles. The van der Waals surface area contributed by atoms with E-state index in [1.807, 2.05) is 0 Å². The molecule has 92 valence electrons. The molecule has 1 unspecified atom stereocenters. The van der Waals surface area contributed by atoms with Crippen LogP contribution in [0.1, 0.15) is 12.0 Å². The van der Waals surface area contributed by atoms with Gasteiger partial charge in [-0.2, -0.15) is 0 Å². The summed E-state index contributed by atoms with van der Waals surface area (Å²) in [6, 6.07) is 5.79. The van der Waals surface area contributed by atoms with Gasteiger partial charge >= 0.3 is 0 Å². The van der Waals surface area contributed by atoms with Gasteiger partial charge in [-0.3, -0.25) is 9.59 Å². The van der Waals surface area contributed by atoms with Gasteiger partial charge in [-0.25, -0.2) is 0 Å². The third kappa shape index (κ3) is 3.86. The summed E-state index contributed by atoms with van der Waals surface area (Å²) < 4.78 is 0. The number of primary amides is 1. The van der Waals surface area contributed by atoms with Crippen molar-refractivity contribution in [2.24, 2.45) is 11.5 Å². The molecule has 0 heterocycles. The largest absolute Gasteiger partial charge is 0.392 e. The van der Waals surface area contributed by atoms with Crippen molar-refractivity contribution in [2.45, 2.75) is 19.1 Å². The molecule has 0 spiro atoms. The minimum absolute atomic E-state index is 0.193. The summed E-state index contributed by atoms with van der Waals surface area (Å²) in [7, 11) is 0. The number of nitrogens with one attached hydrogen (secondary N) is 1. The van der Waals surface area contributed by atoms with Crippen LogP contribution in [-0.2, 0) is 16.2 Å². The van der Waals surface area contributed by atoms with E-state index >= 15 is 0 Å². The predicted molar refractivity (Wildman–Crippen MR) is 62.8 cm³/mol. The average Bonchev–Trinajstić information content (AvgIpc) is 2.28. The smallest absolute Gasteiger partial charge is 0.241 e. The first-order valence-electron chi connectivity index (χ1n) is 5.08. The average molecular weight is 237 g/mol. The molecule has 2 amide bonds. The fourth-order valence-corrected chi connectivity index (χ4v) is 1.32. The van der Waals surface area contributed by atoms with E-state index in [-0.39, 0.29) is 13.0 Å². The third-order valence-corrected chi connectivity index (χ3v) is 2.20. The number of aliphatic hydroxyl groups excluding tert-OH is 1. The van der Waals surface area contributed by atoms with Gasteiger partial charge in [0.1, 0.15) is 0 Å². The molecule has 0 bridgehead atoms. The van der Waals surface area contributed by atoms with Crippen LogP contribution in [0.4, 0.5) is 5.69 Å². The number of rotatable bonds is 5. The Bertz CT molecular complexity index is 420. The van der Waals surface area contributed by atoms with Gasteiger partial charge in [-0.05, 0) is 6.07 Å². The molecule has 17 heavy (non-hydrogen) atoms. The van der Waals surface area contributed by atoms with E-state index in [1.165, 1.54) is 0 Å². The Kier molecular flexibility index (Phi) is 4.62. The molecule has 0 saturated heterocycles. The van der Waals surface area contributed by atoms with Crippen molar-refractivity contribution in [3.05, 3.63) is 29.8 Å². The number of aliphatic hydroxyl groups is 1. The van der Waals surface area contributed by atoms with Gasteiger partial charge in [0, 0.05) is 11.3 Å². The van der Waals surface area contributed by atoms with Crippen LogP contribution in [0.2, 0.25) is 0 Å². The molecule has 0 aliphatic heterocycles. The topological polar surface area (TPSA) is 118 Å². The number of para-hydroxylation sites is 1. The van der Waals surface area contributed by atoms with E-state index in [0.717, 1.165) is 0 Å². The summed E-state index contributed by atoms with van der Waals surface area (Å²) in [5, 5.41) is 11.6. The molecule has 0 radical (unpaired) electrons. The fraction of sp³-hybridized carbons (Fsp3) is 0.273. The maximum atomic E-state index is 11.6. The standard InChI is InChI=1S/C11H15N3O3/c12-8(5-10(13)16)11(17)14-9-4-2-1-3-7(9)6-15/h1-4,8,15H,5-6,12H2,(H2,13,16)(H,14,17). The zero-order valence-electron chi connectivity index (χ0n) is 9.22. The Hall–Kier alpha value is -1.92. The van der Waals surface area contributed by atoms with Gasteiger partial charge in [-0.15, -0.1) is 0 Å². The number of carbonyl (C=O) groups excluding carboxylic acids is 2. The lowest BCUT2D eigenvalue weighted by Gasteiger charge is -2.12. The normalized spacial score (nSPS) is 11.9. The molecule has 0 aliphatic rings. The van der Waals surface area contributed by atoms with Crippen LogP contribution in [0.25, 0.3) is 0 Å². The van der Waals surface area contributed by atoms with E-state index in [4.69, 9.17) is 16.6 Å². The molecule has 1 rings (SSSR count). The lowest BCUT2D eigenvalue weighted by atomic mass is 10.1. The quantitative estimate of drug-likeness (QED) is 0.542. The number of anilines is 1. The number of hydrogen-bond acceptors (Lipinski definition) is 4. The van der Waals surface area contributed by atoms with Gasteiger partial charge in [0.2, 0.25) is 11.8 Å². The molecule has 6 N–H and O–H groups in total. The Balaban J connectivity index is 2.70. The zero-order valence-corrected chi connectivity index (χ0v) is 9.22. The van der Waals surface area contributed by atoms with Gasteiger partial charge in [0.05, 0.1) is 19.1 Å². The summed E-state index contributed by atoms with van der Waals surface area (Å²) in [6.07, 6.45) is -0.215. The lowest BCUT2D eigenvalue weighted by molar-refractivity contribution is -0.123. The highest BCUT2D eigenvalue weighted by Crippen LogP contribution is 2.14. The van der Waals surface area contributed by atoms with Crippen LogP contribution < -0.4 is 16.8 Å². The molecule has 6 nitrogen and oxygen atoms in total. The van der Waals surface area contributed by atoms with E-state index in [1.54, 1.807) is 24.3 Å². The first-order valence-corrected chi connectivity index (χ1v) is 5.08. The van der Waals surface area contributed by atoms with Gasteiger partial charge in [-0.1, -0.05) is 18.2 Å². The lowest BCUT2D eigenvalue weighted by Crippen LogP contribution is -2.39. The summed E-state index contributed by atoms with van der Waals surface area (Å²) in [6.45, 7) is -0.193. The highest BCUT2D eigenvalue weighted by atomic mass is 16.3. The number of carbonyl (C=O) groups is 2. The molecular weight excluding hydrogens is 222 g/mol. The maximum absolute atomic E-state index is 11.6. The summed E-state index contributed by atoms with van der Waals surface area (Å²) in [5.41, 5.74) is 11.5. The van der Waals surface area contributed by atoms with Crippen molar-refractivity contribution in [1.82, 2.24) is 0 Å². The van der Waals surface area contributed by atoms with Crippen LogP contribution >= 0.6 is 0 Å².